The highest BCUT2D eigenvalue weighted by atomic mass is 19.1. The summed E-state index contributed by atoms with van der Waals surface area (Å²) in [5, 5.41) is 0. The number of halogens is 1. The minimum absolute atomic E-state index is 0.158. The van der Waals surface area contributed by atoms with E-state index in [1.54, 1.807) is 6.07 Å². The third-order valence-corrected chi connectivity index (χ3v) is 3.92. The van der Waals surface area contributed by atoms with Gasteiger partial charge in [0.2, 0.25) is 0 Å². The summed E-state index contributed by atoms with van der Waals surface area (Å²) in [7, 11) is 0. The molecule has 3 N–H and O–H groups in total. The number of H-pyrrole nitrogens is 1. The maximum atomic E-state index is 13.8. The van der Waals surface area contributed by atoms with Crippen LogP contribution in [0.25, 0.3) is 22.6 Å². The smallest absolute Gasteiger partial charge is 0.251 e. The molecule has 25 heavy (non-hydrogen) atoms. The van der Waals surface area contributed by atoms with Crippen LogP contribution in [0.1, 0.15) is 41.6 Å². The van der Waals surface area contributed by atoms with Crippen LogP contribution in [0, 0.1) is 12.7 Å². The van der Waals surface area contributed by atoms with Crippen LogP contribution in [0.2, 0.25) is 0 Å². The van der Waals surface area contributed by atoms with Crippen molar-refractivity contribution in [3.8, 4) is 22.6 Å². The van der Waals surface area contributed by atoms with Gasteiger partial charge < -0.3 is 10.7 Å². The van der Waals surface area contributed by atoms with Crippen molar-refractivity contribution in [2.24, 2.45) is 5.73 Å². The molecule has 0 fully saturated rings. The van der Waals surface area contributed by atoms with Crippen molar-refractivity contribution in [1.82, 2.24) is 15.0 Å². The second-order valence-corrected chi connectivity index (χ2v) is 6.22. The molecule has 3 rings (SSSR count). The Morgan fingerprint density at radius 2 is 1.96 bits per heavy atom. The zero-order valence-corrected chi connectivity index (χ0v) is 14.3. The number of hydrogen-bond acceptors (Lipinski definition) is 3. The van der Waals surface area contributed by atoms with Crippen molar-refractivity contribution in [3.63, 3.8) is 0 Å². The van der Waals surface area contributed by atoms with Gasteiger partial charge in [-0.3, -0.25) is 9.78 Å². The topological polar surface area (TPSA) is 84.7 Å². The molecule has 0 unspecified atom stereocenters. The van der Waals surface area contributed by atoms with E-state index in [0.29, 0.717) is 11.3 Å². The molecular formula is C19H19FN4O. The average molecular weight is 338 g/mol. The van der Waals surface area contributed by atoms with E-state index in [2.05, 4.69) is 15.0 Å². The maximum absolute atomic E-state index is 13.8. The lowest BCUT2D eigenvalue weighted by atomic mass is 10.0. The number of pyridine rings is 1. The number of aromatic amines is 1. The first-order chi connectivity index (χ1) is 11.9. The van der Waals surface area contributed by atoms with Crippen molar-refractivity contribution < 1.29 is 9.18 Å². The van der Waals surface area contributed by atoms with Crippen LogP contribution in [-0.2, 0) is 0 Å². The number of carbonyl (C=O) groups is 1. The summed E-state index contributed by atoms with van der Waals surface area (Å²) >= 11 is 0. The van der Waals surface area contributed by atoms with Crippen molar-refractivity contribution in [2.45, 2.75) is 26.7 Å². The van der Waals surface area contributed by atoms with Crippen LogP contribution in [0.5, 0.6) is 0 Å². The van der Waals surface area contributed by atoms with Gasteiger partial charge >= 0.3 is 0 Å². The Balaban J connectivity index is 2.22. The van der Waals surface area contributed by atoms with Crippen molar-refractivity contribution in [1.29, 1.82) is 0 Å². The number of carbonyl (C=O) groups excluding carboxylic acids is 1. The monoisotopic (exact) mass is 338 g/mol. The van der Waals surface area contributed by atoms with E-state index in [0.717, 1.165) is 22.9 Å². The molecule has 6 heteroatoms. The highest BCUT2D eigenvalue weighted by molar-refractivity contribution is 5.94. The molecule has 0 radical (unpaired) electrons. The lowest BCUT2D eigenvalue weighted by Gasteiger charge is -2.05. The molecule has 1 aromatic carbocycles. The van der Waals surface area contributed by atoms with E-state index in [-0.39, 0.29) is 11.5 Å². The highest BCUT2D eigenvalue weighted by Gasteiger charge is 2.19. The minimum atomic E-state index is -0.811. The van der Waals surface area contributed by atoms with Crippen LogP contribution >= 0.6 is 0 Å². The summed E-state index contributed by atoms with van der Waals surface area (Å²) in [6.07, 6.45) is 0. The fourth-order valence-corrected chi connectivity index (χ4v) is 2.60. The highest BCUT2D eigenvalue weighted by Crippen LogP contribution is 2.32. The Morgan fingerprint density at radius 1 is 1.20 bits per heavy atom. The molecular weight excluding hydrogens is 319 g/mol. The largest absolute Gasteiger partial charge is 0.366 e. The molecule has 1 amide bonds. The molecule has 0 aliphatic rings. The Morgan fingerprint density at radius 3 is 2.60 bits per heavy atom. The van der Waals surface area contributed by atoms with Crippen LogP contribution in [0.3, 0.4) is 0 Å². The Kier molecular flexibility index (Phi) is 4.35. The first-order valence-corrected chi connectivity index (χ1v) is 8.00. The van der Waals surface area contributed by atoms with Crippen molar-refractivity contribution in [2.75, 3.05) is 0 Å². The van der Waals surface area contributed by atoms with Crippen LogP contribution in [0.15, 0.2) is 36.4 Å². The van der Waals surface area contributed by atoms with Gasteiger partial charge in [0.15, 0.2) is 0 Å². The average Bonchev–Trinajstić information content (AvgIpc) is 3.00. The number of aromatic nitrogens is 3. The molecule has 0 bridgehead atoms. The normalized spacial score (nSPS) is 11.1. The third kappa shape index (κ3) is 3.28. The van der Waals surface area contributed by atoms with E-state index in [4.69, 9.17) is 5.73 Å². The second kappa shape index (κ2) is 6.47. The third-order valence-electron chi connectivity index (χ3n) is 3.92. The maximum Gasteiger partial charge on any atom is 0.251 e. The Bertz CT molecular complexity index is 946. The van der Waals surface area contributed by atoms with Crippen molar-refractivity contribution >= 4 is 5.91 Å². The first-order valence-electron chi connectivity index (χ1n) is 8.00. The van der Waals surface area contributed by atoms with Gasteiger partial charge in [0.25, 0.3) is 5.91 Å². The van der Waals surface area contributed by atoms with Crippen LogP contribution in [-0.4, -0.2) is 20.9 Å². The Hall–Kier alpha value is -3.02. The van der Waals surface area contributed by atoms with Gasteiger partial charge in [-0.05, 0) is 37.3 Å². The summed E-state index contributed by atoms with van der Waals surface area (Å²) in [5.41, 5.74) is 8.67. The number of rotatable bonds is 4. The van der Waals surface area contributed by atoms with Gasteiger partial charge in [-0.25, -0.2) is 9.37 Å². The number of nitrogens with zero attached hydrogens (tertiary/aromatic N) is 2. The first kappa shape index (κ1) is 16.8. The van der Waals surface area contributed by atoms with Gasteiger partial charge in [-0.15, -0.1) is 0 Å². The number of benzene rings is 1. The van der Waals surface area contributed by atoms with Gasteiger partial charge in [0, 0.05) is 17.2 Å². The molecule has 0 aliphatic carbocycles. The second-order valence-electron chi connectivity index (χ2n) is 6.22. The SMILES string of the molecule is Cc1cccc(-c2[nH]c(C(C)C)nc2-c2ccc(F)c(C(N)=O)c2)n1. The number of hydrogen-bond donors (Lipinski definition) is 2. The summed E-state index contributed by atoms with van der Waals surface area (Å²) in [6.45, 7) is 5.96. The fourth-order valence-electron chi connectivity index (χ4n) is 2.60. The number of primary amides is 1. The molecule has 0 saturated heterocycles. The molecule has 128 valence electrons. The van der Waals surface area contributed by atoms with Crippen LogP contribution < -0.4 is 5.73 Å². The van der Waals surface area contributed by atoms with Gasteiger partial charge in [-0.1, -0.05) is 19.9 Å². The minimum Gasteiger partial charge on any atom is -0.366 e. The predicted molar refractivity (Wildman–Crippen MR) is 94.6 cm³/mol. The van der Waals surface area contributed by atoms with E-state index in [9.17, 15) is 9.18 Å². The lowest BCUT2D eigenvalue weighted by molar-refractivity contribution is 0.0996. The van der Waals surface area contributed by atoms with Gasteiger partial charge in [-0.2, -0.15) is 0 Å². The number of imidazole rings is 1. The predicted octanol–water partition coefficient (Wildman–Crippen LogP) is 3.81. The number of amides is 1. The fraction of sp³-hybridized carbons (Fsp3) is 0.211. The quantitative estimate of drug-likeness (QED) is 0.758. The Labute approximate surface area is 145 Å². The van der Waals surface area contributed by atoms with Crippen molar-refractivity contribution in [3.05, 3.63) is 59.3 Å². The van der Waals surface area contributed by atoms with E-state index < -0.39 is 11.7 Å². The molecule has 0 aliphatic heterocycles. The molecule has 0 saturated carbocycles. The summed E-state index contributed by atoms with van der Waals surface area (Å²) < 4.78 is 13.8. The number of aryl methyl sites for hydroxylation is 1. The number of nitrogens with one attached hydrogen (secondary N) is 1. The van der Waals surface area contributed by atoms with E-state index in [1.165, 1.54) is 12.1 Å². The van der Waals surface area contributed by atoms with Gasteiger partial charge in [0.05, 0.1) is 22.6 Å². The summed E-state index contributed by atoms with van der Waals surface area (Å²) in [6, 6.07) is 9.95. The zero-order chi connectivity index (χ0) is 18.1. The van der Waals surface area contributed by atoms with E-state index in [1.807, 2.05) is 39.0 Å². The zero-order valence-electron chi connectivity index (χ0n) is 14.3. The lowest BCUT2D eigenvalue weighted by Crippen LogP contribution is -2.13. The molecule has 3 aromatic rings. The molecule has 5 nitrogen and oxygen atoms in total. The molecule has 0 atom stereocenters. The van der Waals surface area contributed by atoms with Gasteiger partial charge in [0.1, 0.15) is 11.6 Å². The summed E-state index contributed by atoms with van der Waals surface area (Å²) in [5.74, 6) is -0.494. The summed E-state index contributed by atoms with van der Waals surface area (Å²) in [4.78, 5) is 23.9. The van der Waals surface area contributed by atoms with Crippen LogP contribution in [0.4, 0.5) is 4.39 Å². The number of nitrogens with two attached hydrogens (primary N) is 1. The molecule has 2 aromatic heterocycles. The van der Waals surface area contributed by atoms with E-state index >= 15 is 0 Å². The standard InChI is InChI=1S/C19H19FN4O/c1-10(2)19-23-16(12-7-8-14(20)13(9-12)18(21)25)17(24-19)15-6-4-5-11(3)22-15/h4-10H,1-3H3,(H2,21,25)(H,23,24). The molecule has 0 spiro atoms. The molecule has 2 heterocycles.